The molecule has 2 rings (SSSR count). The maximum Gasteiger partial charge on any atom is 0.416 e. The van der Waals surface area contributed by atoms with Crippen molar-refractivity contribution in [2.75, 3.05) is 5.32 Å². The highest BCUT2D eigenvalue weighted by Gasteiger charge is 2.30. The molecule has 0 aliphatic carbocycles. The van der Waals surface area contributed by atoms with Crippen LogP contribution in [0.1, 0.15) is 22.3 Å². The zero-order valence-electron chi connectivity index (χ0n) is 14.5. The number of sulfonamides is 1. The summed E-state index contributed by atoms with van der Waals surface area (Å²) in [4.78, 5) is 11.9. The van der Waals surface area contributed by atoms with Gasteiger partial charge in [-0.05, 0) is 60.9 Å². The second-order valence-corrected chi connectivity index (χ2v) is 7.46. The number of nitrogens with two attached hydrogens (primary N) is 1. The molecular formula is C18H17F3N2O3S. The van der Waals surface area contributed by atoms with Gasteiger partial charge in [-0.1, -0.05) is 12.1 Å². The number of halogens is 3. The third-order valence-electron chi connectivity index (χ3n) is 3.87. The minimum absolute atomic E-state index is 0.150. The number of amides is 1. The number of hydrogen-bond donors (Lipinski definition) is 2. The standard InChI is InChI=1S/C18H17F3N2O3S/c1-11-8-15(27(22,25)26)10-16(12(11)2)23-17(24)7-6-13-4-3-5-14(9-13)18(19,20)21/h3-10H,1-2H3,(H,23,24)(H2,22,25,26)/b7-6+. The van der Waals surface area contributed by atoms with Gasteiger partial charge in [0.25, 0.3) is 0 Å². The summed E-state index contributed by atoms with van der Waals surface area (Å²) in [5, 5.41) is 7.62. The summed E-state index contributed by atoms with van der Waals surface area (Å²) in [5.74, 6) is -0.624. The van der Waals surface area contributed by atoms with Crippen LogP contribution in [0.2, 0.25) is 0 Å². The first-order valence-corrected chi connectivity index (χ1v) is 9.23. The third kappa shape index (κ3) is 5.41. The zero-order chi connectivity index (χ0) is 20.4. The van der Waals surface area contributed by atoms with Gasteiger partial charge < -0.3 is 5.32 Å². The predicted octanol–water partition coefficient (Wildman–Crippen LogP) is 3.62. The molecule has 9 heteroatoms. The van der Waals surface area contributed by atoms with Gasteiger partial charge in [0.1, 0.15) is 0 Å². The van der Waals surface area contributed by atoms with Crippen LogP contribution in [0.25, 0.3) is 6.08 Å². The minimum atomic E-state index is -4.48. The van der Waals surface area contributed by atoms with Gasteiger partial charge in [-0.15, -0.1) is 0 Å². The molecule has 0 saturated heterocycles. The quantitative estimate of drug-likeness (QED) is 0.771. The average molecular weight is 398 g/mol. The number of carbonyl (C=O) groups excluding carboxylic acids is 1. The van der Waals surface area contributed by atoms with Gasteiger partial charge in [-0.3, -0.25) is 4.79 Å². The lowest BCUT2D eigenvalue weighted by Gasteiger charge is -2.11. The van der Waals surface area contributed by atoms with E-state index in [1.165, 1.54) is 30.3 Å². The first-order valence-electron chi connectivity index (χ1n) is 7.68. The molecular weight excluding hydrogens is 381 g/mol. The van der Waals surface area contributed by atoms with Crippen LogP contribution in [0.5, 0.6) is 0 Å². The van der Waals surface area contributed by atoms with E-state index < -0.39 is 27.7 Å². The number of aryl methyl sites for hydroxylation is 1. The number of anilines is 1. The van der Waals surface area contributed by atoms with Crippen LogP contribution in [0, 0.1) is 13.8 Å². The highest BCUT2D eigenvalue weighted by molar-refractivity contribution is 7.89. The molecule has 0 fully saturated rings. The summed E-state index contributed by atoms with van der Waals surface area (Å²) in [6, 6.07) is 7.13. The molecule has 0 unspecified atom stereocenters. The first kappa shape index (κ1) is 20.7. The Morgan fingerprint density at radius 3 is 2.41 bits per heavy atom. The van der Waals surface area contributed by atoms with E-state index in [0.29, 0.717) is 11.1 Å². The van der Waals surface area contributed by atoms with Crippen molar-refractivity contribution in [1.82, 2.24) is 0 Å². The second kappa shape index (κ2) is 7.53. The van der Waals surface area contributed by atoms with Gasteiger partial charge in [0, 0.05) is 11.8 Å². The predicted molar refractivity (Wildman–Crippen MR) is 96.4 cm³/mol. The fourth-order valence-corrected chi connectivity index (χ4v) is 2.91. The van der Waals surface area contributed by atoms with E-state index in [9.17, 15) is 26.4 Å². The van der Waals surface area contributed by atoms with Gasteiger partial charge in [-0.2, -0.15) is 13.2 Å². The summed E-state index contributed by atoms with van der Waals surface area (Å²) in [7, 11) is -3.95. The Labute approximate surface area is 154 Å². The van der Waals surface area contributed by atoms with Crippen molar-refractivity contribution < 1.29 is 26.4 Å². The van der Waals surface area contributed by atoms with Crippen LogP contribution in [-0.4, -0.2) is 14.3 Å². The highest BCUT2D eigenvalue weighted by atomic mass is 32.2. The molecule has 5 nitrogen and oxygen atoms in total. The van der Waals surface area contributed by atoms with Crippen molar-refractivity contribution in [2.24, 2.45) is 5.14 Å². The lowest BCUT2D eigenvalue weighted by atomic mass is 10.1. The fourth-order valence-electron chi connectivity index (χ4n) is 2.29. The highest BCUT2D eigenvalue weighted by Crippen LogP contribution is 2.29. The Hall–Kier alpha value is -2.65. The number of primary sulfonamides is 1. The molecule has 0 bridgehead atoms. The summed E-state index contributed by atoms with van der Waals surface area (Å²) in [5.41, 5.74) is 0.878. The zero-order valence-corrected chi connectivity index (χ0v) is 15.3. The molecule has 0 heterocycles. The van der Waals surface area contributed by atoms with E-state index in [-0.39, 0.29) is 16.1 Å². The molecule has 0 saturated carbocycles. The van der Waals surface area contributed by atoms with E-state index in [4.69, 9.17) is 5.14 Å². The Morgan fingerprint density at radius 1 is 1.15 bits per heavy atom. The third-order valence-corrected chi connectivity index (χ3v) is 4.76. The smallest absolute Gasteiger partial charge is 0.322 e. The van der Waals surface area contributed by atoms with Crippen molar-refractivity contribution in [2.45, 2.75) is 24.9 Å². The maximum absolute atomic E-state index is 12.7. The monoisotopic (exact) mass is 398 g/mol. The van der Waals surface area contributed by atoms with Crippen LogP contribution in [0.3, 0.4) is 0 Å². The number of hydrogen-bond acceptors (Lipinski definition) is 3. The summed E-state index contributed by atoms with van der Waals surface area (Å²) >= 11 is 0. The van der Waals surface area contributed by atoms with Crippen molar-refractivity contribution in [3.63, 3.8) is 0 Å². The first-order chi connectivity index (χ1) is 12.4. The molecule has 1 amide bonds. The van der Waals surface area contributed by atoms with Crippen LogP contribution in [-0.2, 0) is 21.0 Å². The van der Waals surface area contributed by atoms with E-state index in [2.05, 4.69) is 5.32 Å². The molecule has 0 aliphatic heterocycles. The topological polar surface area (TPSA) is 89.3 Å². The number of benzene rings is 2. The normalized spacial score (nSPS) is 12.4. The Kier molecular flexibility index (Phi) is 5.76. The second-order valence-electron chi connectivity index (χ2n) is 5.90. The number of rotatable bonds is 4. The van der Waals surface area contributed by atoms with Gasteiger partial charge >= 0.3 is 6.18 Å². The lowest BCUT2D eigenvalue weighted by molar-refractivity contribution is -0.137. The van der Waals surface area contributed by atoms with Gasteiger partial charge in [0.2, 0.25) is 15.9 Å². The van der Waals surface area contributed by atoms with Crippen LogP contribution in [0.15, 0.2) is 47.4 Å². The molecule has 27 heavy (non-hydrogen) atoms. The summed E-state index contributed by atoms with van der Waals surface area (Å²) in [6.07, 6.45) is -2.18. The van der Waals surface area contributed by atoms with E-state index in [1.807, 2.05) is 0 Å². The van der Waals surface area contributed by atoms with Crippen molar-refractivity contribution >= 4 is 27.7 Å². The van der Waals surface area contributed by atoms with Gasteiger partial charge in [-0.25, -0.2) is 13.6 Å². The molecule has 0 aromatic heterocycles. The largest absolute Gasteiger partial charge is 0.416 e. The van der Waals surface area contributed by atoms with Crippen LogP contribution in [0.4, 0.5) is 18.9 Å². The Morgan fingerprint density at radius 2 is 1.81 bits per heavy atom. The van der Waals surface area contributed by atoms with Gasteiger partial charge in [0.05, 0.1) is 10.5 Å². The van der Waals surface area contributed by atoms with Crippen molar-refractivity contribution in [3.8, 4) is 0 Å². The molecule has 3 N–H and O–H groups in total. The Bertz CT molecular complexity index is 1010. The van der Waals surface area contributed by atoms with E-state index >= 15 is 0 Å². The molecule has 0 spiro atoms. The molecule has 2 aromatic carbocycles. The summed E-state index contributed by atoms with van der Waals surface area (Å²) in [6.45, 7) is 3.35. The SMILES string of the molecule is Cc1cc(S(N)(=O)=O)cc(NC(=O)/C=C/c2cccc(C(F)(F)F)c2)c1C. The van der Waals surface area contributed by atoms with Crippen LogP contribution >= 0.6 is 0 Å². The molecule has 0 radical (unpaired) electrons. The fraction of sp³-hybridized carbons (Fsp3) is 0.167. The molecule has 2 aromatic rings. The minimum Gasteiger partial charge on any atom is -0.322 e. The maximum atomic E-state index is 12.7. The summed E-state index contributed by atoms with van der Waals surface area (Å²) < 4.78 is 61.2. The number of alkyl halides is 3. The average Bonchev–Trinajstić information content (AvgIpc) is 2.55. The molecule has 0 aliphatic rings. The van der Waals surface area contributed by atoms with Crippen molar-refractivity contribution in [3.05, 3.63) is 64.7 Å². The van der Waals surface area contributed by atoms with Crippen LogP contribution < -0.4 is 10.5 Å². The van der Waals surface area contributed by atoms with E-state index in [1.54, 1.807) is 13.8 Å². The van der Waals surface area contributed by atoms with E-state index in [0.717, 1.165) is 18.2 Å². The molecule has 0 atom stereocenters. The Balaban J connectivity index is 2.24. The molecule has 144 valence electrons. The number of carbonyl (C=O) groups is 1. The number of nitrogens with one attached hydrogen (secondary N) is 1. The van der Waals surface area contributed by atoms with Gasteiger partial charge in [0.15, 0.2) is 0 Å². The lowest BCUT2D eigenvalue weighted by Crippen LogP contribution is -2.15. The van der Waals surface area contributed by atoms with Crippen molar-refractivity contribution in [1.29, 1.82) is 0 Å².